The van der Waals surface area contributed by atoms with E-state index in [9.17, 15) is 9.59 Å². The molecule has 1 heterocycles. The van der Waals surface area contributed by atoms with Gasteiger partial charge in [-0.25, -0.2) is 0 Å². The second kappa shape index (κ2) is 8.39. The lowest BCUT2D eigenvalue weighted by molar-refractivity contribution is -0.138. The Hall–Kier alpha value is -3.28. The highest BCUT2D eigenvalue weighted by Crippen LogP contribution is 2.35. The molecule has 0 bridgehead atoms. The summed E-state index contributed by atoms with van der Waals surface area (Å²) in [7, 11) is 1.57. The third-order valence-electron chi connectivity index (χ3n) is 4.70. The monoisotopic (exact) mass is 394 g/mol. The van der Waals surface area contributed by atoms with Crippen LogP contribution in [0.2, 0.25) is 0 Å². The SMILES string of the molecule is CCOc1ccc(C2=C(Nc3cc(C)ccc3OC)C(=O)N(C(C)C)C2=O)cc1. The van der Waals surface area contributed by atoms with Crippen molar-refractivity contribution >= 4 is 23.1 Å². The molecule has 1 N–H and O–H groups in total. The van der Waals surface area contributed by atoms with Crippen LogP contribution in [0.1, 0.15) is 31.9 Å². The van der Waals surface area contributed by atoms with E-state index in [2.05, 4.69) is 5.32 Å². The number of methoxy groups -OCH3 is 1. The lowest BCUT2D eigenvalue weighted by atomic mass is 10.0. The number of benzene rings is 2. The summed E-state index contributed by atoms with van der Waals surface area (Å²) >= 11 is 0. The van der Waals surface area contributed by atoms with Crippen molar-refractivity contribution in [3.05, 3.63) is 59.3 Å². The highest BCUT2D eigenvalue weighted by Gasteiger charge is 2.40. The molecule has 6 heteroatoms. The van der Waals surface area contributed by atoms with Crippen LogP contribution in [0, 0.1) is 6.92 Å². The Morgan fingerprint density at radius 2 is 1.72 bits per heavy atom. The summed E-state index contributed by atoms with van der Waals surface area (Å²) in [5, 5.41) is 3.17. The van der Waals surface area contributed by atoms with E-state index in [0.29, 0.717) is 34.9 Å². The number of ether oxygens (including phenoxy) is 2. The van der Waals surface area contributed by atoms with Gasteiger partial charge in [-0.05, 0) is 63.1 Å². The number of imide groups is 1. The van der Waals surface area contributed by atoms with Crippen LogP contribution in [0.5, 0.6) is 11.5 Å². The van der Waals surface area contributed by atoms with Gasteiger partial charge in [-0.2, -0.15) is 0 Å². The van der Waals surface area contributed by atoms with Crippen LogP contribution >= 0.6 is 0 Å². The van der Waals surface area contributed by atoms with Crippen molar-refractivity contribution in [2.24, 2.45) is 0 Å². The minimum atomic E-state index is -0.350. The molecule has 0 spiro atoms. The first-order valence-corrected chi connectivity index (χ1v) is 9.64. The van der Waals surface area contributed by atoms with Crippen molar-refractivity contribution in [1.29, 1.82) is 0 Å². The molecule has 2 aromatic rings. The minimum absolute atomic E-state index is 0.247. The Kier molecular flexibility index (Phi) is 5.92. The average Bonchev–Trinajstić information content (AvgIpc) is 2.93. The number of nitrogens with zero attached hydrogens (tertiary/aromatic N) is 1. The second-order valence-corrected chi connectivity index (χ2v) is 7.11. The van der Waals surface area contributed by atoms with E-state index in [1.165, 1.54) is 4.90 Å². The molecule has 0 aromatic heterocycles. The molecule has 29 heavy (non-hydrogen) atoms. The predicted molar refractivity (Wildman–Crippen MR) is 113 cm³/mol. The summed E-state index contributed by atoms with van der Waals surface area (Å²) in [6.07, 6.45) is 0. The Morgan fingerprint density at radius 3 is 2.31 bits per heavy atom. The van der Waals surface area contributed by atoms with Crippen molar-refractivity contribution in [1.82, 2.24) is 4.90 Å². The highest BCUT2D eigenvalue weighted by atomic mass is 16.5. The topological polar surface area (TPSA) is 67.9 Å². The molecule has 2 amide bonds. The van der Waals surface area contributed by atoms with Crippen molar-refractivity contribution in [2.45, 2.75) is 33.7 Å². The average molecular weight is 394 g/mol. The van der Waals surface area contributed by atoms with Gasteiger partial charge in [0.05, 0.1) is 25.0 Å². The van der Waals surface area contributed by atoms with E-state index in [-0.39, 0.29) is 23.6 Å². The third-order valence-corrected chi connectivity index (χ3v) is 4.70. The largest absolute Gasteiger partial charge is 0.495 e. The van der Waals surface area contributed by atoms with E-state index in [0.717, 1.165) is 5.56 Å². The van der Waals surface area contributed by atoms with Crippen molar-refractivity contribution in [3.63, 3.8) is 0 Å². The lowest BCUT2D eigenvalue weighted by Gasteiger charge is -2.19. The molecule has 0 radical (unpaired) electrons. The van der Waals surface area contributed by atoms with Gasteiger partial charge in [0.25, 0.3) is 11.8 Å². The number of amides is 2. The molecular weight excluding hydrogens is 368 g/mol. The van der Waals surface area contributed by atoms with Gasteiger partial charge in [-0.1, -0.05) is 18.2 Å². The van der Waals surface area contributed by atoms with Gasteiger partial charge in [0.1, 0.15) is 17.2 Å². The Labute approximate surface area is 171 Å². The second-order valence-electron chi connectivity index (χ2n) is 7.11. The Morgan fingerprint density at radius 1 is 1.03 bits per heavy atom. The number of hydrogen-bond donors (Lipinski definition) is 1. The van der Waals surface area contributed by atoms with E-state index in [1.54, 1.807) is 31.4 Å². The molecule has 0 saturated carbocycles. The molecule has 0 fully saturated rings. The summed E-state index contributed by atoms with van der Waals surface area (Å²) in [4.78, 5) is 27.5. The zero-order chi connectivity index (χ0) is 21.1. The summed E-state index contributed by atoms with van der Waals surface area (Å²) in [5.74, 6) is 0.641. The summed E-state index contributed by atoms with van der Waals surface area (Å²) in [6.45, 7) is 8.06. The zero-order valence-electron chi connectivity index (χ0n) is 17.4. The van der Waals surface area contributed by atoms with E-state index in [4.69, 9.17) is 9.47 Å². The van der Waals surface area contributed by atoms with Crippen molar-refractivity contribution < 1.29 is 19.1 Å². The lowest BCUT2D eigenvalue weighted by Crippen LogP contribution is -2.38. The van der Waals surface area contributed by atoms with Gasteiger partial charge in [-0.15, -0.1) is 0 Å². The fourth-order valence-electron chi connectivity index (χ4n) is 3.34. The third kappa shape index (κ3) is 3.97. The molecule has 1 aliphatic rings. The number of nitrogens with one attached hydrogen (secondary N) is 1. The summed E-state index contributed by atoms with van der Waals surface area (Å²) in [6, 6.07) is 12.6. The molecule has 1 aliphatic heterocycles. The number of aryl methyl sites for hydroxylation is 1. The van der Waals surface area contributed by atoms with Gasteiger partial charge in [0.15, 0.2) is 0 Å². The Bertz CT molecular complexity index is 961. The fourth-order valence-corrected chi connectivity index (χ4v) is 3.34. The van der Waals surface area contributed by atoms with Crippen LogP contribution in [-0.2, 0) is 9.59 Å². The predicted octanol–water partition coefficient (Wildman–Crippen LogP) is 4.00. The normalized spacial score (nSPS) is 14.1. The fraction of sp³-hybridized carbons (Fsp3) is 0.304. The highest BCUT2D eigenvalue weighted by molar-refractivity contribution is 6.36. The summed E-state index contributed by atoms with van der Waals surface area (Å²) < 4.78 is 10.9. The van der Waals surface area contributed by atoms with Crippen molar-refractivity contribution in [2.75, 3.05) is 19.0 Å². The van der Waals surface area contributed by atoms with Gasteiger partial charge in [-0.3, -0.25) is 14.5 Å². The molecule has 0 unspecified atom stereocenters. The number of hydrogen-bond acceptors (Lipinski definition) is 5. The van der Waals surface area contributed by atoms with Crippen LogP contribution in [0.15, 0.2) is 48.2 Å². The van der Waals surface area contributed by atoms with Crippen LogP contribution < -0.4 is 14.8 Å². The molecule has 6 nitrogen and oxygen atoms in total. The Balaban J connectivity index is 2.10. The number of rotatable bonds is 7. The van der Waals surface area contributed by atoms with Crippen LogP contribution in [0.25, 0.3) is 5.57 Å². The smallest absolute Gasteiger partial charge is 0.278 e. The first-order chi connectivity index (χ1) is 13.9. The maximum atomic E-state index is 13.1. The molecule has 152 valence electrons. The summed E-state index contributed by atoms with van der Waals surface area (Å²) in [5.41, 5.74) is 2.89. The molecular formula is C23H26N2O4. The minimum Gasteiger partial charge on any atom is -0.495 e. The zero-order valence-corrected chi connectivity index (χ0v) is 17.4. The van der Waals surface area contributed by atoms with Crippen LogP contribution in [0.3, 0.4) is 0 Å². The van der Waals surface area contributed by atoms with Gasteiger partial charge in [0, 0.05) is 6.04 Å². The van der Waals surface area contributed by atoms with E-state index < -0.39 is 0 Å². The first kappa shape index (κ1) is 20.5. The van der Waals surface area contributed by atoms with Gasteiger partial charge in [0.2, 0.25) is 0 Å². The maximum Gasteiger partial charge on any atom is 0.278 e. The van der Waals surface area contributed by atoms with Crippen LogP contribution in [0.4, 0.5) is 5.69 Å². The number of carbonyl (C=O) groups excluding carboxylic acids is 2. The first-order valence-electron chi connectivity index (χ1n) is 9.64. The van der Waals surface area contributed by atoms with E-state index in [1.807, 2.05) is 45.9 Å². The van der Waals surface area contributed by atoms with E-state index >= 15 is 0 Å². The number of anilines is 1. The standard InChI is InChI=1S/C23H26N2O4/c1-6-29-17-10-8-16(9-11-17)20-21(23(27)25(14(2)3)22(20)26)24-18-13-15(4)7-12-19(18)28-5/h7-14,24H,6H2,1-5H3. The molecule has 0 saturated heterocycles. The van der Waals surface area contributed by atoms with Gasteiger partial charge < -0.3 is 14.8 Å². The molecule has 3 rings (SSSR count). The maximum absolute atomic E-state index is 13.1. The van der Waals surface area contributed by atoms with Gasteiger partial charge >= 0.3 is 0 Å². The quantitative estimate of drug-likeness (QED) is 0.719. The van der Waals surface area contributed by atoms with Crippen molar-refractivity contribution in [3.8, 4) is 11.5 Å². The number of carbonyl (C=O) groups is 2. The molecule has 0 aliphatic carbocycles. The molecule has 0 atom stereocenters. The molecule has 2 aromatic carbocycles. The van der Waals surface area contributed by atoms with Crippen LogP contribution in [-0.4, -0.2) is 36.5 Å².